The van der Waals surface area contributed by atoms with Gasteiger partial charge in [-0.2, -0.15) is 0 Å². The number of pyridine rings is 1. The monoisotopic (exact) mass is 273 g/mol. The number of thiazole rings is 1. The van der Waals surface area contributed by atoms with E-state index >= 15 is 0 Å². The van der Waals surface area contributed by atoms with Gasteiger partial charge in [-0.3, -0.25) is 4.98 Å². The van der Waals surface area contributed by atoms with Gasteiger partial charge in [0.05, 0.1) is 17.4 Å². The van der Waals surface area contributed by atoms with E-state index in [1.165, 1.54) is 0 Å². The van der Waals surface area contributed by atoms with Crippen LogP contribution in [0.2, 0.25) is 0 Å². The molecule has 3 rings (SSSR count). The van der Waals surface area contributed by atoms with Gasteiger partial charge in [-0.15, -0.1) is 11.3 Å². The summed E-state index contributed by atoms with van der Waals surface area (Å²) in [6.07, 6.45) is 1.71. The number of nitrogens with two attached hydrogens (primary N) is 1. The smallest absolute Gasteiger partial charge is 0.154 e. The number of aromatic nitrogens is 2. The van der Waals surface area contributed by atoms with Crippen molar-refractivity contribution in [2.45, 2.75) is 16.2 Å². The molecule has 0 unspecified atom stereocenters. The van der Waals surface area contributed by atoms with E-state index in [1.807, 2.05) is 36.6 Å². The topological polar surface area (TPSA) is 51.8 Å². The van der Waals surface area contributed by atoms with Gasteiger partial charge in [0.15, 0.2) is 4.34 Å². The molecule has 0 aliphatic rings. The number of aryl methyl sites for hydroxylation is 1. The number of rotatable bonds is 2. The number of hydrogen-bond acceptors (Lipinski definition) is 5. The van der Waals surface area contributed by atoms with Crippen molar-refractivity contribution in [2.24, 2.45) is 0 Å². The van der Waals surface area contributed by atoms with Crippen molar-refractivity contribution in [3.8, 4) is 0 Å². The standard InChI is InChI=1S/C13H11N3S2/c1-8-7-17-13(16-8)18-12-9-4-2-3-5-11(9)15-6-10(12)14/h2-7H,14H2,1H3. The van der Waals surface area contributed by atoms with Gasteiger partial charge in [-0.25, -0.2) is 4.98 Å². The second kappa shape index (κ2) is 4.59. The predicted octanol–water partition coefficient (Wildman–Crippen LogP) is 3.73. The molecule has 0 saturated carbocycles. The zero-order valence-electron chi connectivity index (χ0n) is 9.75. The number of nitrogen functional groups attached to an aromatic ring is 1. The molecular weight excluding hydrogens is 262 g/mol. The maximum Gasteiger partial charge on any atom is 0.154 e. The molecule has 5 heteroatoms. The second-order valence-corrected chi connectivity index (χ2v) is 6.03. The highest BCUT2D eigenvalue weighted by molar-refractivity contribution is 8.01. The highest BCUT2D eigenvalue weighted by Crippen LogP contribution is 2.38. The molecule has 2 N–H and O–H groups in total. The first-order valence-corrected chi connectivity index (χ1v) is 7.17. The van der Waals surface area contributed by atoms with Crippen LogP contribution in [0, 0.1) is 6.92 Å². The average molecular weight is 273 g/mol. The van der Waals surface area contributed by atoms with Gasteiger partial charge in [0, 0.05) is 21.4 Å². The SMILES string of the molecule is Cc1csc(Sc2c(N)cnc3ccccc23)n1. The van der Waals surface area contributed by atoms with Crippen LogP contribution in [-0.4, -0.2) is 9.97 Å². The van der Waals surface area contributed by atoms with E-state index in [0.29, 0.717) is 5.69 Å². The molecule has 0 radical (unpaired) electrons. The van der Waals surface area contributed by atoms with Gasteiger partial charge >= 0.3 is 0 Å². The Hall–Kier alpha value is -1.59. The minimum atomic E-state index is 0.701. The molecular formula is C13H11N3S2. The van der Waals surface area contributed by atoms with Gasteiger partial charge < -0.3 is 5.73 Å². The number of para-hydroxylation sites is 1. The van der Waals surface area contributed by atoms with Gasteiger partial charge in [-0.1, -0.05) is 30.0 Å². The third kappa shape index (κ3) is 2.07. The fraction of sp³-hybridized carbons (Fsp3) is 0.0769. The zero-order chi connectivity index (χ0) is 12.5. The minimum absolute atomic E-state index is 0.701. The number of benzene rings is 1. The Morgan fingerprint density at radius 1 is 1.28 bits per heavy atom. The van der Waals surface area contributed by atoms with E-state index in [-0.39, 0.29) is 0 Å². The van der Waals surface area contributed by atoms with E-state index < -0.39 is 0 Å². The summed E-state index contributed by atoms with van der Waals surface area (Å²) in [6.45, 7) is 1.99. The molecule has 3 nitrogen and oxygen atoms in total. The van der Waals surface area contributed by atoms with Crippen LogP contribution in [0.1, 0.15) is 5.69 Å². The van der Waals surface area contributed by atoms with Crippen molar-refractivity contribution in [3.05, 3.63) is 41.5 Å². The first-order chi connectivity index (χ1) is 8.74. The molecule has 0 fully saturated rings. The zero-order valence-corrected chi connectivity index (χ0v) is 11.4. The Morgan fingerprint density at radius 2 is 2.11 bits per heavy atom. The number of nitrogens with zero attached hydrogens (tertiary/aromatic N) is 2. The Bertz CT molecular complexity index is 706. The van der Waals surface area contributed by atoms with E-state index in [9.17, 15) is 0 Å². The lowest BCUT2D eigenvalue weighted by Crippen LogP contribution is -1.92. The third-order valence-electron chi connectivity index (χ3n) is 2.54. The number of anilines is 1. The molecule has 0 spiro atoms. The van der Waals surface area contributed by atoms with Crippen LogP contribution in [0.5, 0.6) is 0 Å². The van der Waals surface area contributed by atoms with Crippen molar-refractivity contribution in [1.82, 2.24) is 9.97 Å². The highest BCUT2D eigenvalue weighted by Gasteiger charge is 2.10. The number of fused-ring (bicyclic) bond motifs is 1. The molecule has 0 amide bonds. The highest BCUT2D eigenvalue weighted by atomic mass is 32.2. The minimum Gasteiger partial charge on any atom is -0.397 e. The summed E-state index contributed by atoms with van der Waals surface area (Å²) in [5, 5.41) is 3.12. The quantitative estimate of drug-likeness (QED) is 0.773. The van der Waals surface area contributed by atoms with E-state index in [4.69, 9.17) is 5.73 Å². The summed E-state index contributed by atoms with van der Waals surface area (Å²) in [5.41, 5.74) is 8.74. The van der Waals surface area contributed by atoms with Crippen molar-refractivity contribution in [1.29, 1.82) is 0 Å². The Kier molecular flexibility index (Phi) is 2.93. The summed E-state index contributed by atoms with van der Waals surface area (Å²) in [7, 11) is 0. The molecule has 0 aliphatic heterocycles. The maximum atomic E-state index is 6.03. The van der Waals surface area contributed by atoms with E-state index in [2.05, 4.69) is 9.97 Å². The van der Waals surface area contributed by atoms with E-state index in [0.717, 1.165) is 25.8 Å². The molecule has 90 valence electrons. The maximum absolute atomic E-state index is 6.03. The van der Waals surface area contributed by atoms with Crippen LogP contribution >= 0.6 is 23.1 Å². The summed E-state index contributed by atoms with van der Waals surface area (Å²) in [4.78, 5) is 9.83. The van der Waals surface area contributed by atoms with Crippen molar-refractivity contribution >= 4 is 39.7 Å². The Balaban J connectivity index is 2.12. The van der Waals surface area contributed by atoms with Crippen LogP contribution in [0.3, 0.4) is 0 Å². The largest absolute Gasteiger partial charge is 0.397 e. The molecule has 3 aromatic rings. The van der Waals surface area contributed by atoms with Gasteiger partial charge in [0.25, 0.3) is 0 Å². The number of hydrogen-bond donors (Lipinski definition) is 1. The first kappa shape index (κ1) is 11.5. The van der Waals surface area contributed by atoms with Crippen molar-refractivity contribution in [3.63, 3.8) is 0 Å². The Morgan fingerprint density at radius 3 is 2.89 bits per heavy atom. The molecule has 2 heterocycles. The molecule has 1 aromatic carbocycles. The lowest BCUT2D eigenvalue weighted by Gasteiger charge is -2.06. The van der Waals surface area contributed by atoms with Crippen LogP contribution in [-0.2, 0) is 0 Å². The molecule has 0 atom stereocenters. The third-order valence-corrected chi connectivity index (χ3v) is 4.76. The average Bonchev–Trinajstić information content (AvgIpc) is 2.79. The summed E-state index contributed by atoms with van der Waals surface area (Å²) >= 11 is 3.24. The lowest BCUT2D eigenvalue weighted by atomic mass is 10.2. The van der Waals surface area contributed by atoms with Crippen LogP contribution in [0.15, 0.2) is 45.1 Å². The molecule has 2 aromatic heterocycles. The Labute approximate surface area is 113 Å². The summed E-state index contributed by atoms with van der Waals surface area (Å²) in [6, 6.07) is 8.02. The van der Waals surface area contributed by atoms with Crippen LogP contribution in [0.25, 0.3) is 10.9 Å². The lowest BCUT2D eigenvalue weighted by molar-refractivity contribution is 1.16. The molecule has 18 heavy (non-hydrogen) atoms. The fourth-order valence-electron chi connectivity index (χ4n) is 1.71. The fourth-order valence-corrected chi connectivity index (χ4v) is 3.64. The van der Waals surface area contributed by atoms with Crippen LogP contribution in [0.4, 0.5) is 5.69 Å². The van der Waals surface area contributed by atoms with Crippen molar-refractivity contribution < 1.29 is 0 Å². The van der Waals surface area contributed by atoms with Gasteiger partial charge in [0.1, 0.15) is 0 Å². The molecule has 0 saturated heterocycles. The predicted molar refractivity (Wildman–Crippen MR) is 77.1 cm³/mol. The van der Waals surface area contributed by atoms with Crippen molar-refractivity contribution in [2.75, 3.05) is 5.73 Å². The second-order valence-electron chi connectivity index (χ2n) is 3.92. The summed E-state index contributed by atoms with van der Waals surface area (Å²) < 4.78 is 1.01. The van der Waals surface area contributed by atoms with Crippen LogP contribution < -0.4 is 5.73 Å². The van der Waals surface area contributed by atoms with E-state index in [1.54, 1.807) is 29.3 Å². The normalized spacial score (nSPS) is 10.9. The molecule has 0 bridgehead atoms. The summed E-state index contributed by atoms with van der Waals surface area (Å²) in [5.74, 6) is 0. The molecule has 0 aliphatic carbocycles. The van der Waals surface area contributed by atoms with Gasteiger partial charge in [0.2, 0.25) is 0 Å². The first-order valence-electron chi connectivity index (χ1n) is 5.47. The van der Waals surface area contributed by atoms with Gasteiger partial charge in [-0.05, 0) is 13.0 Å².